The molecule has 0 N–H and O–H groups in total. The van der Waals surface area contributed by atoms with Gasteiger partial charge in [0.05, 0.1) is 19.2 Å². The number of rotatable bonds is 7. The minimum absolute atomic E-state index is 0.0425. The van der Waals surface area contributed by atoms with Gasteiger partial charge in [0.1, 0.15) is 10.8 Å². The third kappa shape index (κ3) is 4.36. The lowest BCUT2D eigenvalue weighted by Gasteiger charge is -2.12. The second-order valence-electron chi connectivity index (χ2n) is 5.56. The van der Waals surface area contributed by atoms with E-state index in [0.29, 0.717) is 17.0 Å². The maximum Gasteiger partial charge on any atom is 0.312 e. The van der Waals surface area contributed by atoms with E-state index in [1.54, 1.807) is 49.6 Å². The van der Waals surface area contributed by atoms with Crippen molar-refractivity contribution in [2.45, 2.75) is 19.4 Å². The van der Waals surface area contributed by atoms with Gasteiger partial charge in [-0.3, -0.25) is 9.59 Å². The van der Waals surface area contributed by atoms with Crippen molar-refractivity contribution in [2.75, 3.05) is 7.11 Å². The Labute approximate surface area is 159 Å². The van der Waals surface area contributed by atoms with E-state index in [1.165, 1.54) is 11.3 Å². The average molecular weight is 387 g/mol. The third-order valence-corrected chi connectivity index (χ3v) is 5.32. The van der Waals surface area contributed by atoms with E-state index >= 15 is 0 Å². The molecule has 7 heteroatoms. The topological polar surface area (TPSA) is 65.5 Å². The van der Waals surface area contributed by atoms with Gasteiger partial charge in [-0.2, -0.15) is 11.3 Å². The Morgan fingerprint density at radius 2 is 1.92 bits per heavy atom. The van der Waals surface area contributed by atoms with Crippen LogP contribution in [0.15, 0.2) is 46.5 Å². The van der Waals surface area contributed by atoms with E-state index in [4.69, 9.17) is 9.47 Å². The van der Waals surface area contributed by atoms with Crippen LogP contribution in [0.3, 0.4) is 0 Å². The molecule has 0 amide bonds. The molecule has 0 fully saturated rings. The van der Waals surface area contributed by atoms with Crippen LogP contribution >= 0.6 is 22.7 Å². The SMILES string of the molecule is COc1ccc(C(=O)[C@H](C)OC(=O)Cc2csc(-c3ccsc3)n2)cc1. The fraction of sp³-hybridized carbons (Fsp3) is 0.211. The molecule has 134 valence electrons. The van der Waals surface area contributed by atoms with Crippen LogP contribution in [0.25, 0.3) is 10.6 Å². The molecule has 0 saturated heterocycles. The predicted molar refractivity (Wildman–Crippen MR) is 102 cm³/mol. The minimum Gasteiger partial charge on any atom is -0.497 e. The number of carbonyl (C=O) groups is 2. The minimum atomic E-state index is -0.856. The fourth-order valence-electron chi connectivity index (χ4n) is 2.34. The van der Waals surface area contributed by atoms with Crippen molar-refractivity contribution < 1.29 is 19.1 Å². The molecule has 5 nitrogen and oxygen atoms in total. The number of benzene rings is 1. The molecule has 3 aromatic rings. The van der Waals surface area contributed by atoms with E-state index < -0.39 is 12.1 Å². The number of nitrogens with zero attached hydrogens (tertiary/aromatic N) is 1. The standard InChI is InChI=1S/C19H17NO4S2/c1-12(18(22)13-3-5-16(23-2)6-4-13)24-17(21)9-15-11-26-19(20-15)14-7-8-25-10-14/h3-8,10-12H,9H2,1-2H3/t12-/m0/s1. The second kappa shape index (κ2) is 8.25. The predicted octanol–water partition coefficient (Wildman–Crippen LogP) is 4.24. The smallest absolute Gasteiger partial charge is 0.312 e. The number of esters is 1. The van der Waals surface area contributed by atoms with Gasteiger partial charge in [-0.1, -0.05) is 0 Å². The lowest BCUT2D eigenvalue weighted by Crippen LogP contribution is -2.25. The first-order chi connectivity index (χ1) is 12.6. The van der Waals surface area contributed by atoms with E-state index in [-0.39, 0.29) is 12.2 Å². The van der Waals surface area contributed by atoms with Crippen molar-refractivity contribution in [3.05, 3.63) is 57.7 Å². The van der Waals surface area contributed by atoms with Gasteiger partial charge in [0.2, 0.25) is 5.78 Å². The van der Waals surface area contributed by atoms with Crippen molar-refractivity contribution in [1.82, 2.24) is 4.98 Å². The Bertz CT molecular complexity index is 885. The van der Waals surface area contributed by atoms with Gasteiger partial charge in [-0.05, 0) is 42.6 Å². The highest BCUT2D eigenvalue weighted by Crippen LogP contribution is 2.26. The third-order valence-electron chi connectivity index (χ3n) is 3.70. The molecule has 0 bridgehead atoms. The number of hydrogen-bond donors (Lipinski definition) is 0. The van der Waals surface area contributed by atoms with Crippen LogP contribution in [0.2, 0.25) is 0 Å². The molecular weight excluding hydrogens is 370 g/mol. The molecule has 2 aromatic heterocycles. The first kappa shape index (κ1) is 18.3. The Balaban J connectivity index is 1.57. The Morgan fingerprint density at radius 3 is 2.58 bits per heavy atom. The number of aromatic nitrogens is 1. The molecule has 1 aromatic carbocycles. The summed E-state index contributed by atoms with van der Waals surface area (Å²) in [5.74, 6) is -0.0593. The van der Waals surface area contributed by atoms with Gasteiger partial charge < -0.3 is 9.47 Å². The number of carbonyl (C=O) groups excluding carboxylic acids is 2. The zero-order valence-corrected chi connectivity index (χ0v) is 15.9. The molecule has 0 aliphatic heterocycles. The van der Waals surface area contributed by atoms with Crippen molar-refractivity contribution in [2.24, 2.45) is 0 Å². The number of ketones is 1. The van der Waals surface area contributed by atoms with Gasteiger partial charge in [0, 0.05) is 21.9 Å². The lowest BCUT2D eigenvalue weighted by molar-refractivity contribution is -0.145. The molecule has 2 heterocycles. The number of methoxy groups -OCH3 is 1. The highest BCUT2D eigenvalue weighted by Gasteiger charge is 2.20. The molecule has 0 spiro atoms. The number of thiophene rings is 1. The summed E-state index contributed by atoms with van der Waals surface area (Å²) in [5, 5.41) is 6.70. The molecular formula is C19H17NO4S2. The molecule has 0 aliphatic carbocycles. The summed E-state index contributed by atoms with van der Waals surface area (Å²) in [4.78, 5) is 28.9. The van der Waals surface area contributed by atoms with Gasteiger partial charge >= 0.3 is 5.97 Å². The molecule has 0 radical (unpaired) electrons. The highest BCUT2D eigenvalue weighted by atomic mass is 32.1. The average Bonchev–Trinajstić information content (AvgIpc) is 3.32. The molecule has 26 heavy (non-hydrogen) atoms. The monoisotopic (exact) mass is 387 g/mol. The van der Waals surface area contributed by atoms with E-state index in [1.807, 2.05) is 22.2 Å². The molecule has 0 saturated carbocycles. The Kier molecular flexibility index (Phi) is 5.80. The van der Waals surface area contributed by atoms with Crippen LogP contribution in [0, 0.1) is 0 Å². The molecule has 3 rings (SSSR count). The van der Waals surface area contributed by atoms with Crippen LogP contribution in [-0.2, 0) is 16.0 Å². The fourth-order valence-corrected chi connectivity index (χ4v) is 3.87. The number of ether oxygens (including phenoxy) is 2. The van der Waals surface area contributed by atoms with Gasteiger partial charge in [-0.25, -0.2) is 4.98 Å². The normalized spacial score (nSPS) is 11.8. The number of hydrogen-bond acceptors (Lipinski definition) is 7. The van der Waals surface area contributed by atoms with Crippen molar-refractivity contribution >= 4 is 34.4 Å². The quantitative estimate of drug-likeness (QED) is 0.448. The Morgan fingerprint density at radius 1 is 1.15 bits per heavy atom. The highest BCUT2D eigenvalue weighted by molar-refractivity contribution is 7.14. The van der Waals surface area contributed by atoms with E-state index in [2.05, 4.69) is 4.98 Å². The van der Waals surface area contributed by atoms with Crippen LogP contribution in [0.5, 0.6) is 5.75 Å². The summed E-state index contributed by atoms with van der Waals surface area (Å²) in [6, 6.07) is 8.69. The number of Topliss-reactive ketones (excluding diaryl/α,β-unsaturated/α-hetero) is 1. The largest absolute Gasteiger partial charge is 0.497 e. The molecule has 1 atom stereocenters. The Hall–Kier alpha value is -2.51. The van der Waals surface area contributed by atoms with E-state index in [0.717, 1.165) is 10.6 Å². The van der Waals surface area contributed by atoms with Crippen LogP contribution in [-0.4, -0.2) is 30.0 Å². The van der Waals surface area contributed by atoms with Crippen molar-refractivity contribution in [1.29, 1.82) is 0 Å². The van der Waals surface area contributed by atoms with Crippen LogP contribution in [0.4, 0.5) is 0 Å². The van der Waals surface area contributed by atoms with Crippen LogP contribution in [0.1, 0.15) is 23.0 Å². The van der Waals surface area contributed by atoms with Crippen molar-refractivity contribution in [3.63, 3.8) is 0 Å². The summed E-state index contributed by atoms with van der Waals surface area (Å²) in [6.45, 7) is 1.57. The van der Waals surface area contributed by atoms with E-state index in [9.17, 15) is 9.59 Å². The summed E-state index contributed by atoms with van der Waals surface area (Å²) >= 11 is 3.08. The first-order valence-electron chi connectivity index (χ1n) is 7.91. The first-order valence-corrected chi connectivity index (χ1v) is 9.74. The van der Waals surface area contributed by atoms with Crippen molar-refractivity contribution in [3.8, 4) is 16.3 Å². The molecule has 0 unspecified atom stereocenters. The number of thiazole rings is 1. The molecule has 0 aliphatic rings. The van der Waals surface area contributed by atoms with Crippen LogP contribution < -0.4 is 4.74 Å². The second-order valence-corrected chi connectivity index (χ2v) is 7.20. The summed E-state index contributed by atoms with van der Waals surface area (Å²) in [5.41, 5.74) is 2.16. The zero-order valence-electron chi connectivity index (χ0n) is 14.3. The van der Waals surface area contributed by atoms with Gasteiger partial charge in [-0.15, -0.1) is 11.3 Å². The maximum absolute atomic E-state index is 12.4. The summed E-state index contributed by atoms with van der Waals surface area (Å²) < 4.78 is 10.3. The summed E-state index contributed by atoms with van der Waals surface area (Å²) in [7, 11) is 1.56. The lowest BCUT2D eigenvalue weighted by atomic mass is 10.1. The maximum atomic E-state index is 12.4. The van der Waals surface area contributed by atoms with Gasteiger partial charge in [0.15, 0.2) is 6.10 Å². The van der Waals surface area contributed by atoms with Gasteiger partial charge in [0.25, 0.3) is 0 Å². The zero-order chi connectivity index (χ0) is 18.5. The summed E-state index contributed by atoms with van der Waals surface area (Å²) in [6.07, 6.45) is -0.813.